The normalized spacial score (nSPS) is 12.0. The van der Waals surface area contributed by atoms with E-state index in [1.165, 1.54) is 0 Å². The van der Waals surface area contributed by atoms with Gasteiger partial charge in [0.25, 0.3) is 5.56 Å². The van der Waals surface area contributed by atoms with Gasteiger partial charge in [0.05, 0.1) is 11.0 Å². The summed E-state index contributed by atoms with van der Waals surface area (Å²) < 4.78 is 17.0. The summed E-state index contributed by atoms with van der Waals surface area (Å²) in [4.78, 5) is 42.8. The van der Waals surface area contributed by atoms with E-state index in [1.54, 1.807) is 4.57 Å². The van der Waals surface area contributed by atoms with Gasteiger partial charge in [0.2, 0.25) is 0 Å². The predicted molar refractivity (Wildman–Crippen MR) is 90.9 cm³/mol. The van der Waals surface area contributed by atoms with Crippen LogP contribution in [0.1, 0.15) is 17.5 Å². The van der Waals surface area contributed by atoms with Gasteiger partial charge >= 0.3 is 13.9 Å². The van der Waals surface area contributed by atoms with Gasteiger partial charge in [-0.1, -0.05) is 0 Å². The number of aryl methyl sites for hydroxylation is 3. The van der Waals surface area contributed by atoms with Crippen LogP contribution in [-0.4, -0.2) is 31.0 Å². The number of hydrogen-bond donors (Lipinski definition) is 2. The standard InChI is InChI=1S/C15H15N4O5P/c1-8-6-10-11(7-9(8)2)19(4-3-5-24-25(22)23)13-12(16-10)14(20)18-15(21)17-13/h6-7H,3-5H2,1-2H3,(H-,18,20,21,22,23)/p+1. The van der Waals surface area contributed by atoms with E-state index >= 15 is 0 Å². The molecule has 2 aliphatic rings. The number of aromatic amines is 1. The van der Waals surface area contributed by atoms with Gasteiger partial charge in [-0.15, -0.1) is 9.42 Å². The molecule has 2 heterocycles. The summed E-state index contributed by atoms with van der Waals surface area (Å²) in [7, 11) is -2.66. The Morgan fingerprint density at radius 1 is 1.24 bits per heavy atom. The van der Waals surface area contributed by atoms with Gasteiger partial charge in [0.15, 0.2) is 11.5 Å². The predicted octanol–water partition coefficient (Wildman–Crippen LogP) is 1.26. The average molecular weight is 363 g/mol. The van der Waals surface area contributed by atoms with Crippen LogP contribution in [0.4, 0.5) is 0 Å². The number of H-pyrrole nitrogens is 1. The van der Waals surface area contributed by atoms with Crippen molar-refractivity contribution in [1.29, 1.82) is 0 Å². The highest BCUT2D eigenvalue weighted by Crippen LogP contribution is 2.24. The molecule has 0 aromatic heterocycles. The summed E-state index contributed by atoms with van der Waals surface area (Å²) in [5, 5.41) is 0. The number of aromatic nitrogens is 4. The topological polar surface area (TPSA) is 127 Å². The molecule has 3 rings (SSSR count). The van der Waals surface area contributed by atoms with Gasteiger partial charge in [-0.2, -0.15) is 4.98 Å². The molecule has 0 saturated heterocycles. The van der Waals surface area contributed by atoms with E-state index in [-0.39, 0.29) is 18.1 Å². The first-order valence-corrected chi connectivity index (χ1v) is 8.70. The van der Waals surface area contributed by atoms with Gasteiger partial charge in [-0.25, -0.2) is 9.78 Å². The van der Waals surface area contributed by atoms with Gasteiger partial charge in [-0.3, -0.25) is 9.78 Å². The molecular formula is C15H16N4O5P+. The van der Waals surface area contributed by atoms with Crippen LogP contribution < -0.4 is 11.2 Å². The zero-order valence-corrected chi connectivity index (χ0v) is 14.5. The second-order valence-corrected chi connectivity index (χ2v) is 6.39. The van der Waals surface area contributed by atoms with Crippen molar-refractivity contribution < 1.29 is 14.0 Å². The number of benzene rings is 1. The number of nitrogens with zero attached hydrogens (tertiary/aromatic N) is 3. The fraction of sp³-hybridized carbons (Fsp3) is 0.333. The third-order valence-corrected chi connectivity index (χ3v) is 4.36. The first kappa shape index (κ1) is 17.3. The molecule has 130 valence electrons. The van der Waals surface area contributed by atoms with E-state index in [0.29, 0.717) is 18.5 Å². The van der Waals surface area contributed by atoms with Crippen molar-refractivity contribution >= 4 is 19.3 Å². The van der Waals surface area contributed by atoms with Crippen LogP contribution in [0.3, 0.4) is 0 Å². The summed E-state index contributed by atoms with van der Waals surface area (Å²) in [5.41, 5.74) is 2.12. The Balaban J connectivity index is 2.20. The zero-order chi connectivity index (χ0) is 18.1. The molecule has 1 atom stereocenters. The quantitative estimate of drug-likeness (QED) is 0.397. The van der Waals surface area contributed by atoms with Crippen LogP contribution in [0.5, 0.6) is 0 Å². The Bertz CT molecular complexity index is 1060. The van der Waals surface area contributed by atoms with Crippen molar-refractivity contribution in [1.82, 2.24) is 19.5 Å². The molecule has 0 spiro atoms. The van der Waals surface area contributed by atoms with Crippen molar-refractivity contribution in [2.75, 3.05) is 6.61 Å². The molecule has 9 nitrogen and oxygen atoms in total. The molecule has 0 radical (unpaired) electrons. The Hall–Kier alpha value is -2.48. The zero-order valence-electron chi connectivity index (χ0n) is 13.6. The van der Waals surface area contributed by atoms with Crippen LogP contribution in [0.25, 0.3) is 22.6 Å². The molecule has 0 bridgehead atoms. The van der Waals surface area contributed by atoms with Crippen LogP contribution >= 0.6 is 8.25 Å². The summed E-state index contributed by atoms with van der Waals surface area (Å²) in [6.45, 7) is 4.30. The van der Waals surface area contributed by atoms with Gasteiger partial charge < -0.3 is 4.57 Å². The van der Waals surface area contributed by atoms with Crippen LogP contribution in [-0.2, 0) is 15.6 Å². The fourth-order valence-electron chi connectivity index (χ4n) is 2.64. The van der Waals surface area contributed by atoms with E-state index < -0.39 is 19.5 Å². The lowest BCUT2D eigenvalue weighted by Crippen LogP contribution is -2.29. The summed E-state index contributed by atoms with van der Waals surface area (Å²) >= 11 is 0. The number of nitrogens with one attached hydrogen (secondary N) is 1. The Labute approximate surface area is 142 Å². The highest BCUT2D eigenvalue weighted by Gasteiger charge is 2.19. The molecule has 0 amide bonds. The molecule has 2 N–H and O–H groups in total. The molecule has 1 unspecified atom stereocenters. The second-order valence-electron chi connectivity index (χ2n) is 5.66. The molecule has 1 aromatic rings. The maximum atomic E-state index is 12.1. The summed E-state index contributed by atoms with van der Waals surface area (Å²) in [6, 6.07) is 3.78. The maximum absolute atomic E-state index is 12.1. The van der Waals surface area contributed by atoms with Gasteiger partial charge in [0, 0.05) is 11.1 Å². The van der Waals surface area contributed by atoms with Crippen molar-refractivity contribution in [3.63, 3.8) is 0 Å². The minimum atomic E-state index is -2.66. The molecular weight excluding hydrogens is 347 g/mol. The first-order valence-electron chi connectivity index (χ1n) is 7.57. The fourth-order valence-corrected chi connectivity index (χ4v) is 2.93. The maximum Gasteiger partial charge on any atom is 0.694 e. The van der Waals surface area contributed by atoms with Crippen molar-refractivity contribution in [2.45, 2.75) is 26.8 Å². The lowest BCUT2D eigenvalue weighted by Gasteiger charge is -2.17. The van der Waals surface area contributed by atoms with Crippen LogP contribution in [0, 0.1) is 13.8 Å². The van der Waals surface area contributed by atoms with Crippen molar-refractivity contribution in [3.8, 4) is 11.5 Å². The minimum absolute atomic E-state index is 0.0578. The smallest absolute Gasteiger partial charge is 0.322 e. The molecule has 10 heteroatoms. The van der Waals surface area contributed by atoms with Crippen LogP contribution in [0.2, 0.25) is 0 Å². The van der Waals surface area contributed by atoms with Gasteiger partial charge in [-0.05, 0) is 43.5 Å². The van der Waals surface area contributed by atoms with E-state index in [2.05, 4.69) is 19.5 Å². The van der Waals surface area contributed by atoms with E-state index in [1.807, 2.05) is 26.0 Å². The van der Waals surface area contributed by atoms with Gasteiger partial charge in [0.1, 0.15) is 6.61 Å². The molecule has 0 aliphatic carbocycles. The molecule has 2 aliphatic heterocycles. The number of hydrogen-bond acceptors (Lipinski definition) is 6. The minimum Gasteiger partial charge on any atom is -0.322 e. The average Bonchev–Trinajstić information content (AvgIpc) is 2.53. The SMILES string of the molecule is Cc1cc2nc3c(=O)[nH]c(=O)nc-3n(CCCO[P+](=O)O)c2cc1C. The van der Waals surface area contributed by atoms with Crippen molar-refractivity contribution in [2.24, 2.45) is 0 Å². The lowest BCUT2D eigenvalue weighted by atomic mass is 10.1. The second kappa shape index (κ2) is 6.79. The number of fused-ring (bicyclic) bond motifs is 2. The van der Waals surface area contributed by atoms with E-state index in [4.69, 9.17) is 4.89 Å². The summed E-state index contributed by atoms with van der Waals surface area (Å²) in [5.74, 6) is 0.179. The van der Waals surface area contributed by atoms with Crippen LogP contribution in [0.15, 0.2) is 21.7 Å². The highest BCUT2D eigenvalue weighted by molar-refractivity contribution is 7.32. The first-order chi connectivity index (χ1) is 11.9. The largest absolute Gasteiger partial charge is 0.694 e. The summed E-state index contributed by atoms with van der Waals surface area (Å²) in [6.07, 6.45) is 0.399. The molecule has 1 aromatic carbocycles. The Kier molecular flexibility index (Phi) is 4.71. The Morgan fingerprint density at radius 3 is 2.68 bits per heavy atom. The monoisotopic (exact) mass is 363 g/mol. The lowest BCUT2D eigenvalue weighted by molar-refractivity contribution is 0.272. The molecule has 0 saturated carbocycles. The molecule has 0 fully saturated rings. The Morgan fingerprint density at radius 2 is 1.96 bits per heavy atom. The third-order valence-electron chi connectivity index (χ3n) is 3.95. The van der Waals surface area contributed by atoms with E-state index in [9.17, 15) is 14.2 Å². The number of rotatable bonds is 5. The highest BCUT2D eigenvalue weighted by atomic mass is 31.1. The van der Waals surface area contributed by atoms with E-state index in [0.717, 1.165) is 16.6 Å². The third kappa shape index (κ3) is 3.48. The van der Waals surface area contributed by atoms with Crippen molar-refractivity contribution in [3.05, 3.63) is 44.1 Å². The molecule has 25 heavy (non-hydrogen) atoms.